The second kappa shape index (κ2) is 8.81. The van der Waals surface area contributed by atoms with Crippen molar-refractivity contribution in [2.45, 2.75) is 39.8 Å². The van der Waals surface area contributed by atoms with Gasteiger partial charge in [-0.3, -0.25) is 4.79 Å². The number of ether oxygens (including phenoxy) is 1. The number of hydrogen-bond acceptors (Lipinski definition) is 3. The first-order valence-electron chi connectivity index (χ1n) is 9.28. The Morgan fingerprint density at radius 2 is 1.96 bits per heavy atom. The number of nitrogens with zero attached hydrogens (tertiary/aromatic N) is 2. The van der Waals surface area contributed by atoms with E-state index in [2.05, 4.69) is 30.7 Å². The summed E-state index contributed by atoms with van der Waals surface area (Å²) in [7, 11) is 1.68. The van der Waals surface area contributed by atoms with Crippen molar-refractivity contribution >= 4 is 18.3 Å². The van der Waals surface area contributed by atoms with Gasteiger partial charge < -0.3 is 19.5 Å². The van der Waals surface area contributed by atoms with Crippen LogP contribution < -0.4 is 10.1 Å². The minimum absolute atomic E-state index is 0. The predicted octanol–water partition coefficient (Wildman–Crippen LogP) is 3.90. The molecule has 5 nitrogen and oxygen atoms in total. The lowest BCUT2D eigenvalue weighted by atomic mass is 10.0. The number of nitrogens with one attached hydrogen (secondary N) is 1. The van der Waals surface area contributed by atoms with Crippen LogP contribution in [-0.4, -0.2) is 42.1 Å². The summed E-state index contributed by atoms with van der Waals surface area (Å²) < 4.78 is 7.77. The highest BCUT2D eigenvalue weighted by Crippen LogP contribution is 2.32. The van der Waals surface area contributed by atoms with E-state index in [1.807, 2.05) is 42.2 Å². The zero-order valence-corrected chi connectivity index (χ0v) is 17.6. The van der Waals surface area contributed by atoms with Gasteiger partial charge in [0.15, 0.2) is 0 Å². The van der Waals surface area contributed by atoms with E-state index in [0.717, 1.165) is 41.4 Å². The molecule has 1 amide bonds. The molecule has 1 N–H and O–H groups in total. The Labute approximate surface area is 168 Å². The van der Waals surface area contributed by atoms with Crippen LogP contribution in [0.3, 0.4) is 0 Å². The molecular weight excluding hydrogens is 362 g/mol. The molecule has 27 heavy (non-hydrogen) atoms. The van der Waals surface area contributed by atoms with Crippen molar-refractivity contribution in [1.82, 2.24) is 14.8 Å². The molecule has 1 aromatic carbocycles. The molecular formula is C21H30ClN3O2. The topological polar surface area (TPSA) is 46.5 Å². The van der Waals surface area contributed by atoms with Crippen LogP contribution >= 0.6 is 12.4 Å². The Hall–Kier alpha value is -1.98. The lowest BCUT2D eigenvalue weighted by molar-refractivity contribution is 0.0630. The number of methoxy groups -OCH3 is 1. The van der Waals surface area contributed by atoms with Gasteiger partial charge in [-0.2, -0.15) is 0 Å². The molecule has 2 aromatic rings. The molecule has 148 valence electrons. The third-order valence-corrected chi connectivity index (χ3v) is 5.23. The van der Waals surface area contributed by atoms with Gasteiger partial charge in [0.05, 0.1) is 18.7 Å². The van der Waals surface area contributed by atoms with Gasteiger partial charge in [0.1, 0.15) is 5.75 Å². The van der Waals surface area contributed by atoms with Crippen molar-refractivity contribution in [3.8, 4) is 5.75 Å². The van der Waals surface area contributed by atoms with Gasteiger partial charge in [0.2, 0.25) is 0 Å². The number of benzene rings is 1. The van der Waals surface area contributed by atoms with E-state index < -0.39 is 0 Å². The van der Waals surface area contributed by atoms with Gasteiger partial charge >= 0.3 is 0 Å². The summed E-state index contributed by atoms with van der Waals surface area (Å²) in [5, 5.41) is 3.42. The largest absolute Gasteiger partial charge is 0.496 e. The van der Waals surface area contributed by atoms with E-state index in [1.54, 1.807) is 7.11 Å². The fourth-order valence-corrected chi connectivity index (χ4v) is 4.11. The Morgan fingerprint density at radius 1 is 1.26 bits per heavy atom. The molecule has 0 saturated carbocycles. The minimum atomic E-state index is -0.0329. The highest BCUT2D eigenvalue weighted by Gasteiger charge is 2.32. The van der Waals surface area contributed by atoms with Crippen LogP contribution in [0.5, 0.6) is 5.75 Å². The van der Waals surface area contributed by atoms with Crippen LogP contribution in [0.25, 0.3) is 0 Å². The van der Waals surface area contributed by atoms with E-state index in [0.29, 0.717) is 12.6 Å². The molecule has 1 aromatic heterocycles. The standard InChI is InChI=1S/C21H29N3O2.ClH/c1-14(2)24-15(3)12-18(16(24)4)21(25)23-11-10-22-13-19(23)17-8-6-7-9-20(17)26-5;/h6-9,12,14,19,22H,10-11,13H2,1-5H3;1H. The number of rotatable bonds is 4. The summed E-state index contributed by atoms with van der Waals surface area (Å²) in [4.78, 5) is 15.4. The molecule has 1 fully saturated rings. The van der Waals surface area contributed by atoms with Gasteiger partial charge in [-0.05, 0) is 39.8 Å². The molecule has 0 aliphatic carbocycles. The molecule has 1 aliphatic rings. The summed E-state index contributed by atoms with van der Waals surface area (Å²) in [6.45, 7) is 10.6. The van der Waals surface area contributed by atoms with Gasteiger partial charge in [0.25, 0.3) is 5.91 Å². The molecule has 3 rings (SSSR count). The van der Waals surface area contributed by atoms with E-state index in [4.69, 9.17) is 4.74 Å². The maximum atomic E-state index is 13.4. The fraction of sp³-hybridized carbons (Fsp3) is 0.476. The summed E-state index contributed by atoms with van der Waals surface area (Å²) in [6, 6.07) is 10.3. The number of para-hydroxylation sites is 1. The van der Waals surface area contributed by atoms with Crippen molar-refractivity contribution in [2.75, 3.05) is 26.7 Å². The van der Waals surface area contributed by atoms with Gasteiger partial charge in [0, 0.05) is 42.6 Å². The van der Waals surface area contributed by atoms with Gasteiger partial charge in [-0.1, -0.05) is 18.2 Å². The molecule has 1 aliphatic heterocycles. The zero-order chi connectivity index (χ0) is 18.8. The predicted molar refractivity (Wildman–Crippen MR) is 111 cm³/mol. The van der Waals surface area contributed by atoms with Crippen LogP contribution in [0.1, 0.15) is 53.2 Å². The summed E-state index contributed by atoms with van der Waals surface area (Å²) in [5.74, 6) is 0.925. The number of aromatic nitrogens is 1. The molecule has 0 bridgehead atoms. The number of amides is 1. The average Bonchev–Trinajstić information content (AvgIpc) is 2.95. The first-order chi connectivity index (χ1) is 12.5. The normalized spacial score (nSPS) is 17.0. The SMILES string of the molecule is COc1ccccc1C1CNCCN1C(=O)c1cc(C)n(C(C)C)c1C.Cl. The smallest absolute Gasteiger partial charge is 0.256 e. The van der Waals surface area contributed by atoms with E-state index in [-0.39, 0.29) is 24.4 Å². The van der Waals surface area contributed by atoms with Crippen LogP contribution in [0.15, 0.2) is 30.3 Å². The van der Waals surface area contributed by atoms with Crippen molar-refractivity contribution in [2.24, 2.45) is 0 Å². The number of aryl methyl sites for hydroxylation is 1. The van der Waals surface area contributed by atoms with Crippen molar-refractivity contribution in [3.05, 3.63) is 52.8 Å². The number of carbonyl (C=O) groups excluding carboxylic acids is 1. The van der Waals surface area contributed by atoms with E-state index in [1.165, 1.54) is 0 Å². The quantitative estimate of drug-likeness (QED) is 0.859. The van der Waals surface area contributed by atoms with Crippen LogP contribution in [0.2, 0.25) is 0 Å². The Morgan fingerprint density at radius 3 is 2.59 bits per heavy atom. The molecule has 6 heteroatoms. The Balaban J connectivity index is 0.00000261. The second-order valence-corrected chi connectivity index (χ2v) is 7.21. The Kier molecular flexibility index (Phi) is 6.95. The molecule has 1 unspecified atom stereocenters. The lowest BCUT2D eigenvalue weighted by Crippen LogP contribution is -2.48. The fourth-order valence-electron chi connectivity index (χ4n) is 4.11. The third kappa shape index (κ3) is 3.99. The maximum Gasteiger partial charge on any atom is 0.256 e. The summed E-state index contributed by atoms with van der Waals surface area (Å²) in [6.07, 6.45) is 0. The van der Waals surface area contributed by atoms with E-state index >= 15 is 0 Å². The van der Waals surface area contributed by atoms with Crippen LogP contribution in [0.4, 0.5) is 0 Å². The van der Waals surface area contributed by atoms with Gasteiger partial charge in [-0.15, -0.1) is 12.4 Å². The van der Waals surface area contributed by atoms with Crippen molar-refractivity contribution < 1.29 is 9.53 Å². The second-order valence-electron chi connectivity index (χ2n) is 7.21. The first-order valence-corrected chi connectivity index (χ1v) is 9.28. The van der Waals surface area contributed by atoms with E-state index in [9.17, 15) is 4.79 Å². The molecule has 1 atom stereocenters. The van der Waals surface area contributed by atoms with Crippen molar-refractivity contribution in [3.63, 3.8) is 0 Å². The third-order valence-electron chi connectivity index (χ3n) is 5.23. The maximum absolute atomic E-state index is 13.4. The molecule has 0 radical (unpaired) electrons. The first kappa shape index (κ1) is 21.3. The average molecular weight is 392 g/mol. The minimum Gasteiger partial charge on any atom is -0.496 e. The summed E-state index contributed by atoms with van der Waals surface area (Å²) >= 11 is 0. The highest BCUT2D eigenvalue weighted by atomic mass is 35.5. The summed E-state index contributed by atoms with van der Waals surface area (Å²) in [5.41, 5.74) is 4.02. The monoisotopic (exact) mass is 391 g/mol. The van der Waals surface area contributed by atoms with Crippen LogP contribution in [0, 0.1) is 13.8 Å². The molecule has 2 heterocycles. The highest BCUT2D eigenvalue weighted by molar-refractivity contribution is 5.96. The number of piperazine rings is 1. The van der Waals surface area contributed by atoms with Crippen LogP contribution in [-0.2, 0) is 0 Å². The van der Waals surface area contributed by atoms with Gasteiger partial charge in [-0.25, -0.2) is 0 Å². The number of halogens is 1. The molecule has 0 spiro atoms. The zero-order valence-electron chi connectivity index (χ0n) is 16.8. The Bertz CT molecular complexity index is 801. The van der Waals surface area contributed by atoms with Crippen molar-refractivity contribution in [1.29, 1.82) is 0 Å². The lowest BCUT2D eigenvalue weighted by Gasteiger charge is -2.37. The number of hydrogen-bond donors (Lipinski definition) is 1. The molecule has 1 saturated heterocycles. The number of carbonyl (C=O) groups is 1.